The van der Waals surface area contributed by atoms with Gasteiger partial charge in [-0.1, -0.05) is 20.8 Å². The van der Waals surface area contributed by atoms with E-state index in [9.17, 15) is 9.59 Å². The fourth-order valence-electron chi connectivity index (χ4n) is 2.18. The zero-order valence-corrected chi connectivity index (χ0v) is 12.5. The maximum atomic E-state index is 11.7. The summed E-state index contributed by atoms with van der Waals surface area (Å²) in [5.74, 6) is -0.383. The molecular weight excluding hydrogens is 244 g/mol. The van der Waals surface area contributed by atoms with Crippen molar-refractivity contribution < 1.29 is 14.7 Å². The van der Waals surface area contributed by atoms with Crippen molar-refractivity contribution in [1.29, 1.82) is 0 Å². The van der Waals surface area contributed by atoms with Crippen LogP contribution in [0.4, 0.5) is 0 Å². The molecule has 1 unspecified atom stereocenters. The standard InChI is InChI=1S/C14H28N2O3/c1-5-15-11(4)7-13(17)16-9-12(6-10(2)3)8-14(18)19/h10-12,15H,5-9H2,1-4H3,(H,16,17)(H,18,19)/t11?,12-/m0/s1. The van der Waals surface area contributed by atoms with E-state index in [0.29, 0.717) is 18.9 Å². The third-order valence-corrected chi connectivity index (χ3v) is 2.90. The van der Waals surface area contributed by atoms with Gasteiger partial charge in [-0.3, -0.25) is 9.59 Å². The molecule has 19 heavy (non-hydrogen) atoms. The molecule has 0 aromatic heterocycles. The van der Waals surface area contributed by atoms with Crippen LogP contribution in [-0.4, -0.2) is 36.1 Å². The number of aliphatic carboxylic acids is 1. The Hall–Kier alpha value is -1.10. The Bertz CT molecular complexity index is 280. The van der Waals surface area contributed by atoms with Gasteiger partial charge in [-0.15, -0.1) is 0 Å². The van der Waals surface area contributed by atoms with E-state index in [0.717, 1.165) is 13.0 Å². The lowest BCUT2D eigenvalue weighted by atomic mass is 9.94. The molecule has 0 aromatic carbocycles. The highest BCUT2D eigenvalue weighted by atomic mass is 16.4. The molecule has 5 heteroatoms. The molecule has 0 saturated carbocycles. The Morgan fingerprint density at radius 1 is 1.16 bits per heavy atom. The normalized spacial score (nSPS) is 14.2. The van der Waals surface area contributed by atoms with Crippen molar-refractivity contribution in [2.45, 2.75) is 53.0 Å². The van der Waals surface area contributed by atoms with Gasteiger partial charge in [0.15, 0.2) is 0 Å². The van der Waals surface area contributed by atoms with Gasteiger partial charge >= 0.3 is 5.97 Å². The smallest absolute Gasteiger partial charge is 0.303 e. The summed E-state index contributed by atoms with van der Waals surface area (Å²) < 4.78 is 0. The van der Waals surface area contributed by atoms with E-state index in [-0.39, 0.29) is 24.3 Å². The first-order valence-corrected chi connectivity index (χ1v) is 7.07. The molecule has 5 nitrogen and oxygen atoms in total. The highest BCUT2D eigenvalue weighted by molar-refractivity contribution is 5.76. The Kier molecular flexibility index (Phi) is 9.21. The van der Waals surface area contributed by atoms with Gasteiger partial charge in [-0.2, -0.15) is 0 Å². The molecule has 0 aliphatic rings. The van der Waals surface area contributed by atoms with E-state index in [1.165, 1.54) is 0 Å². The first kappa shape index (κ1) is 17.9. The molecule has 0 saturated heterocycles. The summed E-state index contributed by atoms with van der Waals surface area (Å²) in [5, 5.41) is 14.9. The van der Waals surface area contributed by atoms with Crippen LogP contribution in [0.3, 0.4) is 0 Å². The minimum absolute atomic E-state index is 0.0101. The van der Waals surface area contributed by atoms with Crippen LogP contribution < -0.4 is 10.6 Å². The minimum atomic E-state index is -0.805. The van der Waals surface area contributed by atoms with E-state index in [1.54, 1.807) is 0 Å². The van der Waals surface area contributed by atoms with Crippen LogP contribution >= 0.6 is 0 Å². The van der Waals surface area contributed by atoms with Crippen molar-refractivity contribution in [2.24, 2.45) is 11.8 Å². The lowest BCUT2D eigenvalue weighted by molar-refractivity contribution is -0.138. The topological polar surface area (TPSA) is 78.4 Å². The van der Waals surface area contributed by atoms with Crippen molar-refractivity contribution in [3.63, 3.8) is 0 Å². The summed E-state index contributed by atoms with van der Waals surface area (Å²) in [6.45, 7) is 9.37. The zero-order chi connectivity index (χ0) is 14.8. The summed E-state index contributed by atoms with van der Waals surface area (Å²) in [5.41, 5.74) is 0. The van der Waals surface area contributed by atoms with E-state index in [4.69, 9.17) is 5.11 Å². The summed E-state index contributed by atoms with van der Waals surface area (Å²) in [7, 11) is 0. The Labute approximate surface area is 116 Å². The highest BCUT2D eigenvalue weighted by Crippen LogP contribution is 2.14. The molecular formula is C14H28N2O3. The second-order valence-electron chi connectivity index (χ2n) is 5.56. The Morgan fingerprint density at radius 2 is 1.79 bits per heavy atom. The summed E-state index contributed by atoms with van der Waals surface area (Å²) >= 11 is 0. The number of carbonyl (C=O) groups excluding carboxylic acids is 1. The van der Waals surface area contributed by atoms with Gasteiger partial charge in [0.05, 0.1) is 0 Å². The van der Waals surface area contributed by atoms with Gasteiger partial charge in [0.1, 0.15) is 0 Å². The third-order valence-electron chi connectivity index (χ3n) is 2.90. The number of hydrogen-bond acceptors (Lipinski definition) is 3. The molecule has 112 valence electrons. The van der Waals surface area contributed by atoms with Crippen LogP contribution in [0.5, 0.6) is 0 Å². The average molecular weight is 272 g/mol. The second-order valence-corrected chi connectivity index (χ2v) is 5.56. The fraction of sp³-hybridized carbons (Fsp3) is 0.857. The van der Waals surface area contributed by atoms with Crippen molar-refractivity contribution in [1.82, 2.24) is 10.6 Å². The summed E-state index contributed by atoms with van der Waals surface area (Å²) in [4.78, 5) is 22.5. The van der Waals surface area contributed by atoms with Gasteiger partial charge in [0, 0.05) is 25.4 Å². The molecule has 0 spiro atoms. The molecule has 0 aliphatic carbocycles. The van der Waals surface area contributed by atoms with E-state index in [1.807, 2.05) is 13.8 Å². The lowest BCUT2D eigenvalue weighted by Gasteiger charge is -2.18. The van der Waals surface area contributed by atoms with Gasteiger partial charge in [-0.05, 0) is 31.7 Å². The van der Waals surface area contributed by atoms with Crippen LogP contribution in [0, 0.1) is 11.8 Å². The Balaban J connectivity index is 4.08. The van der Waals surface area contributed by atoms with Gasteiger partial charge in [-0.25, -0.2) is 0 Å². The predicted molar refractivity (Wildman–Crippen MR) is 76.0 cm³/mol. The number of carboxylic acid groups (broad SMARTS) is 1. The van der Waals surface area contributed by atoms with Crippen molar-refractivity contribution in [3.05, 3.63) is 0 Å². The molecule has 1 amide bonds. The van der Waals surface area contributed by atoms with E-state index < -0.39 is 5.97 Å². The monoisotopic (exact) mass is 272 g/mol. The van der Waals surface area contributed by atoms with Crippen LogP contribution in [0.1, 0.15) is 47.0 Å². The van der Waals surface area contributed by atoms with Gasteiger partial charge < -0.3 is 15.7 Å². The number of amides is 1. The number of hydrogen-bond donors (Lipinski definition) is 3. The quantitative estimate of drug-likeness (QED) is 0.565. The van der Waals surface area contributed by atoms with E-state index in [2.05, 4.69) is 24.5 Å². The molecule has 0 bridgehead atoms. The van der Waals surface area contributed by atoms with Crippen LogP contribution in [-0.2, 0) is 9.59 Å². The highest BCUT2D eigenvalue weighted by Gasteiger charge is 2.16. The zero-order valence-electron chi connectivity index (χ0n) is 12.5. The minimum Gasteiger partial charge on any atom is -0.481 e. The lowest BCUT2D eigenvalue weighted by Crippen LogP contribution is -2.36. The molecule has 2 atom stereocenters. The molecule has 3 N–H and O–H groups in total. The molecule has 0 aromatic rings. The Morgan fingerprint density at radius 3 is 2.26 bits per heavy atom. The molecule has 0 rings (SSSR count). The van der Waals surface area contributed by atoms with Crippen LogP contribution in [0.2, 0.25) is 0 Å². The van der Waals surface area contributed by atoms with Crippen molar-refractivity contribution in [3.8, 4) is 0 Å². The number of carboxylic acids is 1. The summed E-state index contributed by atoms with van der Waals surface area (Å²) in [6.07, 6.45) is 1.35. The predicted octanol–water partition coefficient (Wildman–Crippen LogP) is 1.63. The van der Waals surface area contributed by atoms with Crippen LogP contribution in [0.25, 0.3) is 0 Å². The maximum absolute atomic E-state index is 11.7. The average Bonchev–Trinajstić information content (AvgIpc) is 2.24. The molecule has 0 radical (unpaired) electrons. The first-order chi connectivity index (χ1) is 8.85. The number of rotatable bonds is 10. The van der Waals surface area contributed by atoms with Crippen LogP contribution in [0.15, 0.2) is 0 Å². The maximum Gasteiger partial charge on any atom is 0.303 e. The van der Waals surface area contributed by atoms with Gasteiger partial charge in [0.2, 0.25) is 5.91 Å². The SMILES string of the molecule is CCNC(C)CC(=O)NC[C@H](CC(=O)O)CC(C)C. The molecule has 0 aliphatic heterocycles. The molecule has 0 fully saturated rings. The summed E-state index contributed by atoms with van der Waals surface area (Å²) in [6, 6.07) is 0.146. The van der Waals surface area contributed by atoms with Gasteiger partial charge in [0.25, 0.3) is 0 Å². The number of carbonyl (C=O) groups is 2. The molecule has 0 heterocycles. The second kappa shape index (κ2) is 9.78. The van der Waals surface area contributed by atoms with Crippen molar-refractivity contribution in [2.75, 3.05) is 13.1 Å². The fourth-order valence-corrected chi connectivity index (χ4v) is 2.18. The third kappa shape index (κ3) is 10.5. The first-order valence-electron chi connectivity index (χ1n) is 7.07. The number of nitrogens with one attached hydrogen (secondary N) is 2. The largest absolute Gasteiger partial charge is 0.481 e. The van der Waals surface area contributed by atoms with Crippen molar-refractivity contribution >= 4 is 11.9 Å². The van der Waals surface area contributed by atoms with E-state index >= 15 is 0 Å².